The van der Waals surface area contributed by atoms with Crippen molar-refractivity contribution in [2.75, 3.05) is 20.3 Å². The monoisotopic (exact) mass is 604 g/mol. The molecule has 7 heteroatoms. The molecule has 0 aromatic heterocycles. The zero-order valence-electron chi connectivity index (χ0n) is 28.2. The Balaban J connectivity index is 1.40. The molecule has 0 radical (unpaired) electrons. The highest BCUT2D eigenvalue weighted by molar-refractivity contribution is 5.36. The maximum absolute atomic E-state index is 12.2. The van der Waals surface area contributed by atoms with Crippen molar-refractivity contribution < 1.29 is 34.6 Å². The van der Waals surface area contributed by atoms with Gasteiger partial charge in [-0.15, -0.1) is 0 Å². The lowest BCUT2D eigenvalue weighted by Crippen LogP contribution is -2.65. The number of rotatable bonds is 8. The van der Waals surface area contributed by atoms with Crippen molar-refractivity contribution >= 4 is 0 Å². The largest absolute Gasteiger partial charge is 0.393 e. The quantitative estimate of drug-likeness (QED) is 0.275. The van der Waals surface area contributed by atoms with Crippen LogP contribution in [0.1, 0.15) is 100 Å². The fourth-order valence-corrected chi connectivity index (χ4v) is 11.2. The molecule has 0 bridgehead atoms. The van der Waals surface area contributed by atoms with Crippen LogP contribution < -0.4 is 0 Å². The van der Waals surface area contributed by atoms with E-state index in [0.29, 0.717) is 24.9 Å². The normalized spacial score (nSPS) is 47.5. The Morgan fingerprint density at radius 2 is 1.81 bits per heavy atom. The maximum atomic E-state index is 12.2. The molecular formula is C36H60O7. The van der Waals surface area contributed by atoms with Gasteiger partial charge in [-0.1, -0.05) is 57.9 Å². The second kappa shape index (κ2) is 11.5. The Kier molecular flexibility index (Phi) is 8.95. The van der Waals surface area contributed by atoms with E-state index in [1.165, 1.54) is 18.1 Å². The number of ether oxygens (including phenoxy) is 3. The summed E-state index contributed by atoms with van der Waals surface area (Å²) in [5.74, 6) is 1.05. The van der Waals surface area contributed by atoms with Crippen LogP contribution in [-0.2, 0) is 14.2 Å². The summed E-state index contributed by atoms with van der Waals surface area (Å²) >= 11 is 0. The van der Waals surface area contributed by atoms with Crippen LogP contribution in [0.15, 0.2) is 23.3 Å². The van der Waals surface area contributed by atoms with Gasteiger partial charge < -0.3 is 34.6 Å². The molecule has 4 aliphatic carbocycles. The van der Waals surface area contributed by atoms with Gasteiger partial charge in [0.25, 0.3) is 0 Å². The van der Waals surface area contributed by atoms with Gasteiger partial charge in [0, 0.05) is 18.4 Å². The number of aliphatic hydroxyl groups excluding tert-OH is 3. The molecule has 43 heavy (non-hydrogen) atoms. The highest BCUT2D eigenvalue weighted by Gasteiger charge is 2.69. The van der Waals surface area contributed by atoms with Crippen LogP contribution in [0.3, 0.4) is 0 Å². The second-order valence-electron chi connectivity index (χ2n) is 16.7. The minimum atomic E-state index is -1.64. The summed E-state index contributed by atoms with van der Waals surface area (Å²) in [5, 5.41) is 43.3. The third-order valence-corrected chi connectivity index (χ3v) is 13.7. The summed E-state index contributed by atoms with van der Waals surface area (Å²) in [4.78, 5) is 0. The number of aliphatic hydroxyl groups is 4. The van der Waals surface area contributed by atoms with Crippen molar-refractivity contribution in [3.8, 4) is 0 Å². The topological polar surface area (TPSA) is 109 Å². The first kappa shape index (κ1) is 33.6. The van der Waals surface area contributed by atoms with E-state index in [0.717, 1.165) is 38.5 Å². The molecule has 4 N–H and O–H groups in total. The van der Waals surface area contributed by atoms with E-state index >= 15 is 0 Å². The van der Waals surface area contributed by atoms with E-state index in [2.05, 4.69) is 60.6 Å². The van der Waals surface area contributed by atoms with Crippen molar-refractivity contribution in [2.45, 2.75) is 137 Å². The molecule has 1 aliphatic heterocycles. The van der Waals surface area contributed by atoms with E-state index in [1.807, 2.05) is 0 Å². The first-order valence-electron chi connectivity index (χ1n) is 16.8. The predicted octanol–water partition coefficient (Wildman–Crippen LogP) is 5.40. The molecular weight excluding hydrogens is 544 g/mol. The molecule has 5 aliphatic rings. The molecule has 0 amide bonds. The van der Waals surface area contributed by atoms with Crippen LogP contribution in [0.4, 0.5) is 0 Å². The van der Waals surface area contributed by atoms with E-state index in [1.54, 1.807) is 7.11 Å². The summed E-state index contributed by atoms with van der Waals surface area (Å²) < 4.78 is 18.5. The number of hydrogen-bond donors (Lipinski definition) is 4. The van der Waals surface area contributed by atoms with Gasteiger partial charge in [-0.05, 0) is 99.7 Å². The minimum absolute atomic E-state index is 0.0311. The van der Waals surface area contributed by atoms with Gasteiger partial charge in [-0.3, -0.25) is 0 Å². The minimum Gasteiger partial charge on any atom is -0.393 e. The molecule has 0 spiro atoms. The lowest BCUT2D eigenvalue weighted by molar-refractivity contribution is -0.220. The number of fused-ring (bicyclic) bond motifs is 5. The molecule has 1 unspecified atom stereocenters. The summed E-state index contributed by atoms with van der Waals surface area (Å²) in [7, 11) is 1.65. The van der Waals surface area contributed by atoms with Gasteiger partial charge >= 0.3 is 0 Å². The molecule has 7 nitrogen and oxygen atoms in total. The highest BCUT2D eigenvalue weighted by Crippen LogP contribution is 2.73. The van der Waals surface area contributed by atoms with E-state index in [9.17, 15) is 20.4 Å². The van der Waals surface area contributed by atoms with Gasteiger partial charge in [-0.25, -0.2) is 0 Å². The van der Waals surface area contributed by atoms with Gasteiger partial charge in [0.15, 0.2) is 6.29 Å². The second-order valence-corrected chi connectivity index (χ2v) is 16.7. The van der Waals surface area contributed by atoms with Crippen LogP contribution >= 0.6 is 0 Å². The summed E-state index contributed by atoms with van der Waals surface area (Å²) in [5.41, 5.74) is 0.713. The van der Waals surface area contributed by atoms with E-state index < -0.39 is 36.8 Å². The van der Waals surface area contributed by atoms with Gasteiger partial charge in [0.05, 0.1) is 31.5 Å². The average Bonchev–Trinajstić information content (AvgIpc) is 3.52. The number of hydrogen-bond acceptors (Lipinski definition) is 7. The SMILES string of the molecule is CO[C@@H]1O[C@@H]([C@H](O)C(C)(O)CO)C[C@H]1[C@@H]1CC=C2[C@]3(C)[C@H](O)C[C@H]4C(C)(C)[C@H](OCC=C(C)C)CC[C@]4(C)[C@H]3CC[C@]21C. The average molecular weight is 605 g/mol. The van der Waals surface area contributed by atoms with Gasteiger partial charge in [0.1, 0.15) is 11.7 Å². The van der Waals surface area contributed by atoms with E-state index in [-0.39, 0.29) is 39.6 Å². The number of allylic oxidation sites excluding steroid dienone is 2. The first-order chi connectivity index (χ1) is 20.0. The summed E-state index contributed by atoms with van der Waals surface area (Å²) in [6.45, 7) is 17.8. The van der Waals surface area contributed by atoms with Crippen molar-refractivity contribution in [2.24, 2.45) is 45.3 Å². The first-order valence-corrected chi connectivity index (χ1v) is 16.8. The Hall–Kier alpha value is -0.800. The Morgan fingerprint density at radius 3 is 2.44 bits per heavy atom. The molecule has 0 aromatic carbocycles. The Morgan fingerprint density at radius 1 is 1.12 bits per heavy atom. The Bertz CT molecular complexity index is 1090. The predicted molar refractivity (Wildman–Crippen MR) is 167 cm³/mol. The molecule has 13 atom stereocenters. The maximum Gasteiger partial charge on any atom is 0.160 e. The highest BCUT2D eigenvalue weighted by atomic mass is 16.7. The molecule has 4 fully saturated rings. The lowest BCUT2D eigenvalue weighted by Gasteiger charge is -2.69. The van der Waals surface area contributed by atoms with Crippen molar-refractivity contribution in [1.82, 2.24) is 0 Å². The molecule has 0 aromatic rings. The van der Waals surface area contributed by atoms with Crippen LogP contribution in [0.2, 0.25) is 0 Å². The van der Waals surface area contributed by atoms with Crippen molar-refractivity contribution in [1.29, 1.82) is 0 Å². The van der Waals surface area contributed by atoms with Crippen molar-refractivity contribution in [3.05, 3.63) is 23.3 Å². The summed E-state index contributed by atoms with van der Waals surface area (Å²) in [6, 6.07) is 0. The fraction of sp³-hybridized carbons (Fsp3) is 0.889. The fourth-order valence-electron chi connectivity index (χ4n) is 11.2. The third kappa shape index (κ3) is 5.12. The van der Waals surface area contributed by atoms with Crippen LogP contribution in [0.5, 0.6) is 0 Å². The van der Waals surface area contributed by atoms with Crippen LogP contribution in [0.25, 0.3) is 0 Å². The molecule has 1 saturated heterocycles. The molecule has 3 saturated carbocycles. The van der Waals surface area contributed by atoms with Gasteiger partial charge in [-0.2, -0.15) is 0 Å². The Labute approximate surface area is 260 Å². The molecule has 246 valence electrons. The lowest BCUT2D eigenvalue weighted by atomic mass is 9.37. The summed E-state index contributed by atoms with van der Waals surface area (Å²) in [6.07, 6.45) is 8.56. The third-order valence-electron chi connectivity index (χ3n) is 13.7. The van der Waals surface area contributed by atoms with Gasteiger partial charge in [0.2, 0.25) is 0 Å². The smallest absolute Gasteiger partial charge is 0.160 e. The van der Waals surface area contributed by atoms with Crippen LogP contribution in [-0.4, -0.2) is 77.1 Å². The zero-order chi connectivity index (χ0) is 31.8. The number of methoxy groups -OCH3 is 1. The van der Waals surface area contributed by atoms with Crippen LogP contribution in [0, 0.1) is 45.3 Å². The molecule has 5 rings (SSSR count). The van der Waals surface area contributed by atoms with E-state index in [4.69, 9.17) is 14.2 Å². The molecule has 1 heterocycles. The zero-order valence-corrected chi connectivity index (χ0v) is 28.2. The standard InChI is InChI=1S/C36H60O7/c1-21(2)14-17-42-29-13-16-34(6)26-12-15-33(5)23(22-18-24(43-31(22)41-9)30(39)35(7,40)20-37)10-11-25(33)36(26,8)28(38)19-27(34)32(29,3)4/h11,14,22-24,26-31,37-40H,10,12-13,15-20H2,1-9H3/t22-,23-,24+,26+,27-,28+,29+,30-,31+,33-,34+,35?,36-/m0/s1. The van der Waals surface area contributed by atoms with Crippen molar-refractivity contribution in [3.63, 3.8) is 0 Å².